The lowest BCUT2D eigenvalue weighted by Gasteiger charge is -2.34. The average Bonchev–Trinajstić information content (AvgIpc) is 4.08. The Morgan fingerprint density at radius 2 is 0.806 bits per heavy atom. The number of furan rings is 1. The summed E-state index contributed by atoms with van der Waals surface area (Å²) in [5.74, 6) is 0. The molecule has 2 aliphatic carbocycles. The summed E-state index contributed by atoms with van der Waals surface area (Å²) < 4.78 is 6.78. The van der Waals surface area contributed by atoms with E-state index in [4.69, 9.17) is 4.42 Å². The van der Waals surface area contributed by atoms with Crippen LogP contribution in [-0.4, -0.2) is 0 Å². The van der Waals surface area contributed by atoms with Crippen molar-refractivity contribution in [2.24, 2.45) is 0 Å². The first-order valence-electron chi connectivity index (χ1n) is 24.8. The van der Waals surface area contributed by atoms with Crippen LogP contribution in [0.25, 0.3) is 76.9 Å². The number of anilines is 6. The average molecular weight is 917 g/mol. The van der Waals surface area contributed by atoms with Gasteiger partial charge in [-0.3, -0.25) is 0 Å². The van der Waals surface area contributed by atoms with Gasteiger partial charge in [0.1, 0.15) is 5.58 Å². The van der Waals surface area contributed by atoms with E-state index in [2.05, 4.69) is 271 Å². The van der Waals surface area contributed by atoms with Crippen molar-refractivity contribution in [3.63, 3.8) is 0 Å². The van der Waals surface area contributed by atoms with Gasteiger partial charge in [0.2, 0.25) is 0 Å². The zero-order chi connectivity index (χ0) is 47.3. The molecule has 3 nitrogen and oxygen atoms in total. The number of hydrogen-bond acceptors (Lipinski definition) is 3. The third-order valence-corrected chi connectivity index (χ3v) is 15.4. The fourth-order valence-corrected chi connectivity index (χ4v) is 12.4. The molecule has 336 valence electrons. The summed E-state index contributed by atoms with van der Waals surface area (Å²) in [5, 5.41) is 7.07. The van der Waals surface area contributed by atoms with Crippen LogP contribution in [0.3, 0.4) is 0 Å². The first-order chi connectivity index (χ1) is 35.7. The van der Waals surface area contributed by atoms with Crippen molar-refractivity contribution in [3.05, 3.63) is 289 Å². The lowest BCUT2D eigenvalue weighted by Crippen LogP contribution is -2.26. The van der Waals surface area contributed by atoms with E-state index in [0.29, 0.717) is 0 Å². The minimum Gasteiger partial charge on any atom is -0.454 e. The Labute approximate surface area is 417 Å². The van der Waals surface area contributed by atoms with Crippen LogP contribution in [0.4, 0.5) is 34.1 Å². The Balaban J connectivity index is 0.990. The van der Waals surface area contributed by atoms with E-state index in [9.17, 15) is 0 Å². The van der Waals surface area contributed by atoms with Crippen LogP contribution in [0.1, 0.15) is 22.3 Å². The summed E-state index contributed by atoms with van der Waals surface area (Å²) in [7, 11) is 0. The molecule has 0 saturated heterocycles. The van der Waals surface area contributed by atoms with Gasteiger partial charge in [-0.1, -0.05) is 194 Å². The van der Waals surface area contributed by atoms with Crippen molar-refractivity contribution in [2.75, 3.05) is 9.80 Å². The molecule has 0 N–H and O–H groups in total. The molecule has 0 saturated carbocycles. The number of benzene rings is 12. The van der Waals surface area contributed by atoms with Gasteiger partial charge in [-0.05, 0) is 144 Å². The topological polar surface area (TPSA) is 19.6 Å². The van der Waals surface area contributed by atoms with Crippen molar-refractivity contribution in [1.82, 2.24) is 0 Å². The molecule has 1 spiro atoms. The molecular formula is C69H44N2O. The Kier molecular flexibility index (Phi) is 8.87. The number of hydrogen-bond donors (Lipinski definition) is 0. The van der Waals surface area contributed by atoms with Crippen LogP contribution in [0, 0.1) is 0 Å². The van der Waals surface area contributed by atoms with Gasteiger partial charge in [-0.15, -0.1) is 0 Å². The molecular weight excluding hydrogens is 873 g/mol. The molecule has 0 fully saturated rings. The van der Waals surface area contributed by atoms with Gasteiger partial charge in [0, 0.05) is 39.1 Å². The monoisotopic (exact) mass is 916 g/mol. The van der Waals surface area contributed by atoms with E-state index >= 15 is 0 Å². The van der Waals surface area contributed by atoms with Gasteiger partial charge in [0.15, 0.2) is 5.58 Å². The van der Waals surface area contributed by atoms with Crippen molar-refractivity contribution >= 4 is 77.6 Å². The lowest BCUT2D eigenvalue weighted by molar-refractivity contribution is 0.669. The number of fused-ring (bicyclic) bond motifs is 15. The molecule has 0 amide bonds. The van der Waals surface area contributed by atoms with E-state index in [1.54, 1.807) is 0 Å². The highest BCUT2D eigenvalue weighted by atomic mass is 16.3. The summed E-state index contributed by atoms with van der Waals surface area (Å²) >= 11 is 0. The summed E-state index contributed by atoms with van der Waals surface area (Å²) in [6.07, 6.45) is 0. The van der Waals surface area contributed by atoms with Crippen LogP contribution in [-0.2, 0) is 5.41 Å². The predicted octanol–water partition coefficient (Wildman–Crippen LogP) is 18.8. The zero-order valence-electron chi connectivity index (χ0n) is 39.2. The molecule has 1 atom stereocenters. The maximum atomic E-state index is 6.78. The summed E-state index contributed by atoms with van der Waals surface area (Å²) in [4.78, 5) is 4.86. The number of para-hydroxylation sites is 4. The molecule has 1 aromatic heterocycles. The number of rotatable bonds is 7. The fraction of sp³-hybridized carbons (Fsp3) is 0.0145. The predicted molar refractivity (Wildman–Crippen MR) is 300 cm³/mol. The van der Waals surface area contributed by atoms with Crippen LogP contribution in [0.15, 0.2) is 271 Å². The van der Waals surface area contributed by atoms with E-state index < -0.39 is 5.41 Å². The smallest absolute Gasteiger partial charge is 0.159 e. The first kappa shape index (κ1) is 40.4. The largest absolute Gasteiger partial charge is 0.454 e. The van der Waals surface area contributed by atoms with Crippen molar-refractivity contribution in [3.8, 4) is 33.4 Å². The summed E-state index contributed by atoms with van der Waals surface area (Å²) in [6.45, 7) is 0. The van der Waals surface area contributed by atoms with Crippen LogP contribution < -0.4 is 9.80 Å². The molecule has 1 unspecified atom stereocenters. The van der Waals surface area contributed by atoms with Crippen LogP contribution >= 0.6 is 0 Å². The highest BCUT2D eigenvalue weighted by Gasteiger charge is 2.52. The second kappa shape index (κ2) is 15.8. The molecule has 15 rings (SSSR count). The minimum atomic E-state index is -0.634. The molecule has 13 aromatic rings. The third kappa shape index (κ3) is 5.85. The van der Waals surface area contributed by atoms with Gasteiger partial charge in [0.25, 0.3) is 0 Å². The maximum Gasteiger partial charge on any atom is 0.159 e. The van der Waals surface area contributed by atoms with Crippen molar-refractivity contribution < 1.29 is 4.42 Å². The molecule has 3 heteroatoms. The third-order valence-electron chi connectivity index (χ3n) is 15.4. The second-order valence-corrected chi connectivity index (χ2v) is 19.1. The van der Waals surface area contributed by atoms with E-state index in [0.717, 1.165) is 56.1 Å². The van der Waals surface area contributed by atoms with E-state index in [-0.39, 0.29) is 0 Å². The molecule has 2 aliphatic rings. The van der Waals surface area contributed by atoms with Crippen LogP contribution in [0.2, 0.25) is 0 Å². The van der Waals surface area contributed by atoms with Crippen molar-refractivity contribution in [1.29, 1.82) is 0 Å². The Bertz CT molecular complexity index is 4290. The molecule has 0 bridgehead atoms. The lowest BCUT2D eigenvalue weighted by atomic mass is 9.70. The summed E-state index contributed by atoms with van der Waals surface area (Å²) in [6, 6.07) is 98.0. The minimum absolute atomic E-state index is 0.634. The highest BCUT2D eigenvalue weighted by Crippen LogP contribution is 2.64. The van der Waals surface area contributed by atoms with Gasteiger partial charge in [0.05, 0.1) is 16.8 Å². The van der Waals surface area contributed by atoms with Gasteiger partial charge < -0.3 is 14.2 Å². The fourth-order valence-electron chi connectivity index (χ4n) is 12.4. The second-order valence-electron chi connectivity index (χ2n) is 19.1. The highest BCUT2D eigenvalue weighted by molar-refractivity contribution is 6.11. The van der Waals surface area contributed by atoms with Crippen molar-refractivity contribution in [2.45, 2.75) is 5.41 Å². The Morgan fingerprint density at radius 3 is 1.49 bits per heavy atom. The quantitative estimate of drug-likeness (QED) is 0.159. The Hall–Kier alpha value is -9.44. The molecule has 72 heavy (non-hydrogen) atoms. The van der Waals surface area contributed by atoms with Gasteiger partial charge in [-0.2, -0.15) is 0 Å². The van der Waals surface area contributed by atoms with Gasteiger partial charge in [-0.25, -0.2) is 0 Å². The number of nitrogens with zero attached hydrogens (tertiary/aromatic N) is 2. The van der Waals surface area contributed by atoms with Crippen LogP contribution in [0.5, 0.6) is 0 Å². The standard InChI is InChI=1S/C69H44N2O/c1-3-21-49(22-4-1)70(64-41-36-46-19-9-10-25-53(46)67(64)48-35-34-45-18-7-8-20-47(45)42-48)51-37-39-56-54-26-11-14-30-60(54)69(62(56)43-51)61-31-15-12-27-55(61)57-40-38-52(44-63(57)69)71(50-23-5-2-6-24-50)65-32-17-29-59-58-28-13-16-33-66(58)72-68(59)65/h1-44H. The SMILES string of the molecule is c1ccc(N(c2ccc3c(c2)C2(c4ccccc4-3)c3ccccc3-c3ccc(N(c4ccccc4)c4cccc5c4oc4ccccc45)cc32)c2ccc3ccccc3c2-c2ccc3ccccc3c2)cc1. The maximum absolute atomic E-state index is 6.78. The molecule has 0 radical (unpaired) electrons. The van der Waals surface area contributed by atoms with Gasteiger partial charge >= 0.3 is 0 Å². The molecule has 1 heterocycles. The zero-order valence-corrected chi connectivity index (χ0v) is 39.2. The summed E-state index contributed by atoms with van der Waals surface area (Å²) in [5.41, 5.74) is 20.0. The normalized spacial score (nSPS) is 14.2. The Morgan fingerprint density at radius 1 is 0.292 bits per heavy atom. The van der Waals surface area contributed by atoms with E-state index in [1.165, 1.54) is 77.2 Å². The molecule has 12 aromatic carbocycles. The van der Waals surface area contributed by atoms with E-state index in [1.807, 2.05) is 6.07 Å². The molecule has 0 aliphatic heterocycles. The first-order valence-corrected chi connectivity index (χ1v) is 24.8.